The lowest BCUT2D eigenvalue weighted by Crippen LogP contribution is -2.12. The summed E-state index contributed by atoms with van der Waals surface area (Å²) in [5, 5.41) is 5.07. The lowest BCUT2D eigenvalue weighted by Gasteiger charge is -2.06. The minimum Gasteiger partial charge on any atom is -0.459 e. The second kappa shape index (κ2) is 4.11. The SMILES string of the molecule is CNC(C)c1oc2c(C)cc(Cl)cc2c1C. The first kappa shape index (κ1) is 11.5. The topological polar surface area (TPSA) is 25.2 Å². The molecule has 0 fully saturated rings. The van der Waals surface area contributed by atoms with Crippen molar-refractivity contribution >= 4 is 22.6 Å². The summed E-state index contributed by atoms with van der Waals surface area (Å²) < 4.78 is 5.92. The average molecular weight is 238 g/mol. The van der Waals surface area contributed by atoms with Crippen LogP contribution in [0.4, 0.5) is 0 Å². The summed E-state index contributed by atoms with van der Waals surface area (Å²) in [7, 11) is 1.93. The van der Waals surface area contributed by atoms with Crippen LogP contribution in [0.15, 0.2) is 16.5 Å². The van der Waals surface area contributed by atoms with Gasteiger partial charge < -0.3 is 9.73 Å². The number of hydrogen-bond donors (Lipinski definition) is 1. The Bertz CT molecular complexity index is 530. The Hall–Kier alpha value is -0.990. The van der Waals surface area contributed by atoms with E-state index in [1.54, 1.807) is 0 Å². The Balaban J connectivity index is 2.72. The third-order valence-electron chi connectivity index (χ3n) is 3.05. The minimum absolute atomic E-state index is 0.213. The molecule has 0 saturated heterocycles. The van der Waals surface area contributed by atoms with Crippen molar-refractivity contribution in [2.24, 2.45) is 0 Å². The van der Waals surface area contributed by atoms with Gasteiger partial charge in [0.05, 0.1) is 6.04 Å². The van der Waals surface area contributed by atoms with Gasteiger partial charge in [-0.25, -0.2) is 0 Å². The molecular formula is C13H16ClNO. The number of hydrogen-bond acceptors (Lipinski definition) is 2. The summed E-state index contributed by atoms with van der Waals surface area (Å²) in [6.07, 6.45) is 0. The number of rotatable bonds is 2. The number of benzene rings is 1. The fraction of sp³-hybridized carbons (Fsp3) is 0.385. The fourth-order valence-corrected chi connectivity index (χ4v) is 2.28. The van der Waals surface area contributed by atoms with Gasteiger partial charge >= 0.3 is 0 Å². The molecule has 0 radical (unpaired) electrons. The summed E-state index contributed by atoms with van der Waals surface area (Å²) in [5.41, 5.74) is 3.20. The van der Waals surface area contributed by atoms with Gasteiger partial charge in [-0.2, -0.15) is 0 Å². The van der Waals surface area contributed by atoms with Crippen LogP contribution in [0.1, 0.15) is 29.9 Å². The van der Waals surface area contributed by atoms with Gasteiger partial charge in [-0.15, -0.1) is 0 Å². The van der Waals surface area contributed by atoms with E-state index in [1.165, 1.54) is 5.56 Å². The largest absolute Gasteiger partial charge is 0.459 e. The monoisotopic (exact) mass is 237 g/mol. The molecule has 2 nitrogen and oxygen atoms in total. The molecule has 0 saturated carbocycles. The van der Waals surface area contributed by atoms with E-state index in [-0.39, 0.29) is 6.04 Å². The van der Waals surface area contributed by atoms with Crippen molar-refractivity contribution in [2.45, 2.75) is 26.8 Å². The van der Waals surface area contributed by atoms with Crippen LogP contribution in [0.25, 0.3) is 11.0 Å². The van der Waals surface area contributed by atoms with Gasteiger partial charge in [0, 0.05) is 16.0 Å². The lowest BCUT2D eigenvalue weighted by molar-refractivity contribution is 0.470. The predicted octanol–water partition coefficient (Wildman–Crippen LogP) is 3.98. The van der Waals surface area contributed by atoms with Crippen LogP contribution < -0.4 is 5.32 Å². The van der Waals surface area contributed by atoms with E-state index in [0.29, 0.717) is 0 Å². The first-order valence-electron chi connectivity index (χ1n) is 5.41. The van der Waals surface area contributed by atoms with Gasteiger partial charge in [0.2, 0.25) is 0 Å². The zero-order valence-electron chi connectivity index (χ0n) is 10.0. The van der Waals surface area contributed by atoms with Crippen molar-refractivity contribution in [3.63, 3.8) is 0 Å². The van der Waals surface area contributed by atoms with Crippen LogP contribution in [0, 0.1) is 13.8 Å². The summed E-state index contributed by atoms with van der Waals surface area (Å²) in [4.78, 5) is 0. The van der Waals surface area contributed by atoms with Crippen molar-refractivity contribution in [1.82, 2.24) is 5.32 Å². The Labute approximate surface area is 101 Å². The normalized spacial score (nSPS) is 13.3. The lowest BCUT2D eigenvalue weighted by atomic mass is 10.1. The van der Waals surface area contributed by atoms with Crippen molar-refractivity contribution in [2.75, 3.05) is 7.05 Å². The number of aryl methyl sites for hydroxylation is 2. The molecule has 0 aliphatic rings. The minimum atomic E-state index is 0.213. The maximum atomic E-state index is 6.06. The van der Waals surface area contributed by atoms with Gasteiger partial charge in [-0.1, -0.05) is 11.6 Å². The van der Waals surface area contributed by atoms with E-state index < -0.39 is 0 Å². The number of furan rings is 1. The molecule has 3 heteroatoms. The van der Waals surface area contributed by atoms with Crippen molar-refractivity contribution in [1.29, 1.82) is 0 Å². The fourth-order valence-electron chi connectivity index (χ4n) is 2.01. The number of fused-ring (bicyclic) bond motifs is 1. The molecule has 0 aliphatic heterocycles. The summed E-state index contributed by atoms with van der Waals surface area (Å²) in [6, 6.07) is 4.11. The van der Waals surface area contributed by atoms with Gasteiger partial charge in [-0.3, -0.25) is 0 Å². The summed E-state index contributed by atoms with van der Waals surface area (Å²) >= 11 is 6.06. The smallest absolute Gasteiger partial charge is 0.137 e. The molecule has 1 heterocycles. The maximum Gasteiger partial charge on any atom is 0.137 e. The molecule has 2 aromatic rings. The second-order valence-corrected chi connectivity index (χ2v) is 4.64. The molecule has 1 N–H and O–H groups in total. The maximum absolute atomic E-state index is 6.06. The van der Waals surface area contributed by atoms with E-state index in [4.69, 9.17) is 16.0 Å². The second-order valence-electron chi connectivity index (χ2n) is 4.20. The highest BCUT2D eigenvalue weighted by Crippen LogP contribution is 2.33. The molecule has 16 heavy (non-hydrogen) atoms. The van der Waals surface area contributed by atoms with Crippen molar-refractivity contribution < 1.29 is 4.42 Å². The van der Waals surface area contributed by atoms with Crippen LogP contribution in [-0.4, -0.2) is 7.05 Å². The zero-order chi connectivity index (χ0) is 11.9. The number of nitrogens with one attached hydrogen (secondary N) is 1. The summed E-state index contributed by atoms with van der Waals surface area (Å²) in [5.74, 6) is 0.989. The van der Waals surface area contributed by atoms with E-state index in [0.717, 1.165) is 27.3 Å². The molecule has 0 aliphatic carbocycles. The Morgan fingerprint density at radius 1 is 1.31 bits per heavy atom. The predicted molar refractivity (Wildman–Crippen MR) is 68.2 cm³/mol. The molecule has 1 unspecified atom stereocenters. The van der Waals surface area contributed by atoms with Crippen molar-refractivity contribution in [3.8, 4) is 0 Å². The van der Waals surface area contributed by atoms with E-state index in [2.05, 4.69) is 19.2 Å². The first-order chi connectivity index (χ1) is 7.54. The highest BCUT2D eigenvalue weighted by Gasteiger charge is 2.16. The van der Waals surface area contributed by atoms with Crippen LogP contribution in [-0.2, 0) is 0 Å². The number of halogens is 1. The molecule has 1 aromatic carbocycles. The standard InChI is InChI=1S/C13H16ClNO/c1-7-5-10(14)6-11-8(2)13(9(3)15-4)16-12(7)11/h5-6,9,15H,1-4H3. The van der Waals surface area contributed by atoms with Crippen LogP contribution in [0.3, 0.4) is 0 Å². The zero-order valence-corrected chi connectivity index (χ0v) is 10.8. The molecular weight excluding hydrogens is 222 g/mol. The quantitative estimate of drug-likeness (QED) is 0.855. The van der Waals surface area contributed by atoms with Gasteiger partial charge in [0.15, 0.2) is 0 Å². The average Bonchev–Trinajstić information content (AvgIpc) is 2.56. The highest BCUT2D eigenvalue weighted by molar-refractivity contribution is 6.31. The molecule has 2 rings (SSSR count). The Morgan fingerprint density at radius 2 is 2.00 bits per heavy atom. The van der Waals surface area contributed by atoms with Crippen LogP contribution >= 0.6 is 11.6 Å². The molecule has 0 amide bonds. The van der Waals surface area contributed by atoms with Crippen LogP contribution in [0.2, 0.25) is 5.02 Å². The van der Waals surface area contributed by atoms with Gasteiger partial charge in [0.25, 0.3) is 0 Å². The molecule has 0 spiro atoms. The van der Waals surface area contributed by atoms with Gasteiger partial charge in [-0.05, 0) is 45.5 Å². The van der Waals surface area contributed by atoms with E-state index in [1.807, 2.05) is 26.1 Å². The first-order valence-corrected chi connectivity index (χ1v) is 5.78. The molecule has 1 aromatic heterocycles. The van der Waals surface area contributed by atoms with Crippen molar-refractivity contribution in [3.05, 3.63) is 34.0 Å². The Morgan fingerprint density at radius 3 is 2.62 bits per heavy atom. The third kappa shape index (κ3) is 1.72. The third-order valence-corrected chi connectivity index (χ3v) is 3.27. The highest BCUT2D eigenvalue weighted by atomic mass is 35.5. The van der Waals surface area contributed by atoms with E-state index in [9.17, 15) is 0 Å². The van der Waals surface area contributed by atoms with Gasteiger partial charge in [0.1, 0.15) is 11.3 Å². The molecule has 1 atom stereocenters. The summed E-state index contributed by atoms with van der Waals surface area (Å²) in [6.45, 7) is 6.18. The molecule has 86 valence electrons. The van der Waals surface area contributed by atoms with Crippen LogP contribution in [0.5, 0.6) is 0 Å². The van der Waals surface area contributed by atoms with E-state index >= 15 is 0 Å². The molecule has 0 bridgehead atoms. The Kier molecular flexibility index (Phi) is 2.96.